The fourth-order valence-corrected chi connectivity index (χ4v) is 2.09. The molecule has 94 valence electrons. The predicted octanol–water partition coefficient (Wildman–Crippen LogP) is 4.38. The highest BCUT2D eigenvalue weighted by Gasteiger charge is 2.10. The van der Waals surface area contributed by atoms with Crippen LogP contribution in [0.25, 0.3) is 0 Å². The summed E-state index contributed by atoms with van der Waals surface area (Å²) in [4.78, 5) is 8.16. The summed E-state index contributed by atoms with van der Waals surface area (Å²) < 4.78 is 6.36. The fourth-order valence-electron chi connectivity index (χ4n) is 1.26. The SMILES string of the molecule is CNc1nc(Oc2cncc(Br)c2)c(Cl)cc1Cl. The second-order valence-corrected chi connectivity index (χ2v) is 5.03. The van der Waals surface area contributed by atoms with Crippen LogP contribution in [-0.4, -0.2) is 17.0 Å². The number of halogens is 3. The molecule has 0 amide bonds. The van der Waals surface area contributed by atoms with Gasteiger partial charge in [-0.15, -0.1) is 0 Å². The Morgan fingerprint density at radius 2 is 2.00 bits per heavy atom. The fraction of sp³-hybridized carbons (Fsp3) is 0.0909. The van der Waals surface area contributed by atoms with E-state index in [1.807, 2.05) is 0 Å². The third kappa shape index (κ3) is 3.04. The number of pyridine rings is 2. The lowest BCUT2D eigenvalue weighted by atomic mass is 10.4. The van der Waals surface area contributed by atoms with Crippen LogP contribution in [0.2, 0.25) is 10.0 Å². The van der Waals surface area contributed by atoms with E-state index >= 15 is 0 Å². The topological polar surface area (TPSA) is 47.0 Å². The summed E-state index contributed by atoms with van der Waals surface area (Å²) >= 11 is 15.3. The van der Waals surface area contributed by atoms with E-state index < -0.39 is 0 Å². The Labute approximate surface area is 122 Å². The summed E-state index contributed by atoms with van der Waals surface area (Å²) in [6, 6.07) is 3.33. The van der Waals surface area contributed by atoms with Gasteiger partial charge in [-0.25, -0.2) is 0 Å². The number of hydrogen-bond donors (Lipinski definition) is 1. The van der Waals surface area contributed by atoms with Gasteiger partial charge in [-0.05, 0) is 28.1 Å². The predicted molar refractivity (Wildman–Crippen MR) is 75.8 cm³/mol. The number of ether oxygens (including phenoxy) is 1. The van der Waals surface area contributed by atoms with Gasteiger partial charge in [0.2, 0.25) is 5.88 Å². The number of nitrogens with zero attached hydrogens (tertiary/aromatic N) is 2. The van der Waals surface area contributed by atoms with Crippen molar-refractivity contribution in [2.45, 2.75) is 0 Å². The van der Waals surface area contributed by atoms with Crippen molar-refractivity contribution >= 4 is 44.9 Å². The van der Waals surface area contributed by atoms with Crippen LogP contribution in [-0.2, 0) is 0 Å². The molecule has 2 aromatic heterocycles. The Morgan fingerprint density at radius 1 is 1.22 bits per heavy atom. The van der Waals surface area contributed by atoms with Gasteiger partial charge in [0.1, 0.15) is 16.6 Å². The average Bonchev–Trinajstić information content (AvgIpc) is 2.33. The molecule has 0 fully saturated rings. The normalized spacial score (nSPS) is 10.2. The standard InChI is InChI=1S/C11H8BrCl2N3O/c1-15-10-8(13)3-9(14)11(17-10)18-7-2-6(12)4-16-5-7/h2-5H,1H3,(H,15,17). The maximum Gasteiger partial charge on any atom is 0.240 e. The zero-order chi connectivity index (χ0) is 13.1. The Morgan fingerprint density at radius 3 is 2.67 bits per heavy atom. The first-order chi connectivity index (χ1) is 8.60. The number of anilines is 1. The summed E-state index contributed by atoms with van der Waals surface area (Å²) in [7, 11) is 1.71. The minimum Gasteiger partial charge on any atom is -0.436 e. The molecular formula is C11H8BrCl2N3O. The Balaban J connectivity index is 2.34. The molecule has 4 nitrogen and oxygen atoms in total. The van der Waals surface area contributed by atoms with E-state index in [-0.39, 0.29) is 5.88 Å². The van der Waals surface area contributed by atoms with Crippen LogP contribution < -0.4 is 10.1 Å². The van der Waals surface area contributed by atoms with E-state index in [4.69, 9.17) is 27.9 Å². The minimum absolute atomic E-state index is 0.269. The van der Waals surface area contributed by atoms with Crippen molar-refractivity contribution in [1.29, 1.82) is 0 Å². The van der Waals surface area contributed by atoms with E-state index in [1.54, 1.807) is 31.6 Å². The van der Waals surface area contributed by atoms with Gasteiger partial charge in [-0.2, -0.15) is 4.98 Å². The maximum absolute atomic E-state index is 6.02. The molecule has 2 rings (SSSR count). The lowest BCUT2D eigenvalue weighted by Crippen LogP contribution is -1.97. The van der Waals surface area contributed by atoms with Crippen LogP contribution in [0.15, 0.2) is 29.0 Å². The summed E-state index contributed by atoms with van der Waals surface area (Å²) in [5.74, 6) is 1.30. The van der Waals surface area contributed by atoms with E-state index in [1.165, 1.54) is 0 Å². The van der Waals surface area contributed by atoms with Gasteiger partial charge in [0.05, 0.1) is 11.2 Å². The molecule has 1 N–H and O–H groups in total. The second-order valence-electron chi connectivity index (χ2n) is 3.30. The maximum atomic E-state index is 6.02. The zero-order valence-electron chi connectivity index (χ0n) is 9.25. The highest BCUT2D eigenvalue weighted by Crippen LogP contribution is 2.33. The number of nitrogens with one attached hydrogen (secondary N) is 1. The molecule has 0 aliphatic rings. The zero-order valence-corrected chi connectivity index (χ0v) is 12.3. The molecule has 0 atom stereocenters. The van der Waals surface area contributed by atoms with Gasteiger partial charge in [0.25, 0.3) is 0 Å². The van der Waals surface area contributed by atoms with Crippen LogP contribution >= 0.6 is 39.1 Å². The molecule has 2 aromatic rings. The Bertz CT molecular complexity index is 580. The van der Waals surface area contributed by atoms with Crippen molar-refractivity contribution < 1.29 is 4.74 Å². The van der Waals surface area contributed by atoms with Crippen molar-refractivity contribution in [3.8, 4) is 11.6 Å². The van der Waals surface area contributed by atoms with Crippen LogP contribution in [0.3, 0.4) is 0 Å². The van der Waals surface area contributed by atoms with Crippen LogP contribution in [0.5, 0.6) is 11.6 Å². The molecule has 0 aliphatic carbocycles. The third-order valence-electron chi connectivity index (χ3n) is 2.03. The van der Waals surface area contributed by atoms with E-state index in [2.05, 4.69) is 31.2 Å². The molecule has 18 heavy (non-hydrogen) atoms. The van der Waals surface area contributed by atoms with Crippen molar-refractivity contribution in [2.24, 2.45) is 0 Å². The molecule has 0 saturated heterocycles. The largest absolute Gasteiger partial charge is 0.436 e. The lowest BCUT2D eigenvalue weighted by Gasteiger charge is -2.09. The first-order valence-corrected chi connectivity index (χ1v) is 6.47. The monoisotopic (exact) mass is 347 g/mol. The van der Waals surface area contributed by atoms with Crippen LogP contribution in [0, 0.1) is 0 Å². The van der Waals surface area contributed by atoms with Gasteiger partial charge in [0.15, 0.2) is 0 Å². The van der Waals surface area contributed by atoms with Gasteiger partial charge in [0, 0.05) is 17.7 Å². The molecule has 0 aliphatic heterocycles. The summed E-state index contributed by atoms with van der Waals surface area (Å²) in [6.07, 6.45) is 3.22. The van der Waals surface area contributed by atoms with Crippen LogP contribution in [0.4, 0.5) is 5.82 Å². The summed E-state index contributed by atoms with van der Waals surface area (Å²) in [5.41, 5.74) is 0. The van der Waals surface area contributed by atoms with Gasteiger partial charge < -0.3 is 10.1 Å². The average molecular weight is 349 g/mol. The van der Waals surface area contributed by atoms with Crippen molar-refractivity contribution in [3.05, 3.63) is 39.0 Å². The highest BCUT2D eigenvalue weighted by atomic mass is 79.9. The molecule has 0 unspecified atom stereocenters. The summed E-state index contributed by atoms with van der Waals surface area (Å²) in [6.45, 7) is 0. The molecule has 7 heteroatoms. The quantitative estimate of drug-likeness (QED) is 0.894. The molecule has 0 radical (unpaired) electrons. The van der Waals surface area contributed by atoms with Crippen LogP contribution in [0.1, 0.15) is 0 Å². The molecule has 0 bridgehead atoms. The second kappa shape index (κ2) is 5.73. The summed E-state index contributed by atoms with van der Waals surface area (Å²) in [5, 5.41) is 3.62. The first-order valence-electron chi connectivity index (χ1n) is 4.92. The van der Waals surface area contributed by atoms with Crippen molar-refractivity contribution in [2.75, 3.05) is 12.4 Å². The van der Waals surface area contributed by atoms with Gasteiger partial charge >= 0.3 is 0 Å². The molecular weight excluding hydrogens is 341 g/mol. The number of aromatic nitrogens is 2. The Hall–Kier alpha value is -1.04. The van der Waals surface area contributed by atoms with E-state index in [0.29, 0.717) is 21.6 Å². The van der Waals surface area contributed by atoms with E-state index in [9.17, 15) is 0 Å². The van der Waals surface area contributed by atoms with Gasteiger partial charge in [-0.1, -0.05) is 23.2 Å². The van der Waals surface area contributed by atoms with Crippen molar-refractivity contribution in [1.82, 2.24) is 9.97 Å². The Kier molecular flexibility index (Phi) is 4.27. The minimum atomic E-state index is 0.269. The number of rotatable bonds is 3. The smallest absolute Gasteiger partial charge is 0.240 e. The van der Waals surface area contributed by atoms with E-state index in [0.717, 1.165) is 4.47 Å². The molecule has 0 saturated carbocycles. The first kappa shape index (κ1) is 13.4. The molecule has 0 spiro atoms. The lowest BCUT2D eigenvalue weighted by molar-refractivity contribution is 0.461. The van der Waals surface area contributed by atoms with Gasteiger partial charge in [-0.3, -0.25) is 4.98 Å². The highest BCUT2D eigenvalue weighted by molar-refractivity contribution is 9.10. The molecule has 2 heterocycles. The number of hydrogen-bond acceptors (Lipinski definition) is 4. The molecule has 0 aromatic carbocycles. The van der Waals surface area contributed by atoms with Crippen molar-refractivity contribution in [3.63, 3.8) is 0 Å². The third-order valence-corrected chi connectivity index (χ3v) is 3.02.